The average molecular weight is 385 g/mol. The van der Waals surface area contributed by atoms with Gasteiger partial charge >= 0.3 is 0 Å². The van der Waals surface area contributed by atoms with Crippen LogP contribution in [0.3, 0.4) is 0 Å². The summed E-state index contributed by atoms with van der Waals surface area (Å²) in [6.45, 7) is 6.09. The molecule has 2 aromatic heterocycles. The van der Waals surface area contributed by atoms with Gasteiger partial charge in [0.05, 0.1) is 17.1 Å². The van der Waals surface area contributed by atoms with Crippen LogP contribution in [-0.4, -0.2) is 39.9 Å². The maximum absolute atomic E-state index is 6.19. The molecule has 7 heteroatoms. The van der Waals surface area contributed by atoms with Crippen LogP contribution in [0.4, 0.5) is 11.8 Å². The number of hydrogen-bond acceptors (Lipinski definition) is 4. The van der Waals surface area contributed by atoms with Crippen LogP contribution in [0.1, 0.15) is 35.8 Å². The van der Waals surface area contributed by atoms with E-state index in [4.69, 9.17) is 16.7 Å². The highest BCUT2D eigenvalue weighted by Crippen LogP contribution is 2.33. The second kappa shape index (κ2) is 7.27. The number of rotatable bonds is 4. The monoisotopic (exact) mass is 384 g/mol. The third-order valence-electron chi connectivity index (χ3n) is 5.25. The van der Waals surface area contributed by atoms with Crippen LogP contribution in [0.5, 0.6) is 0 Å². The summed E-state index contributed by atoms with van der Waals surface area (Å²) in [6, 6.07) is 10.0. The first-order chi connectivity index (χ1) is 13.0. The molecule has 1 aliphatic heterocycles. The molecule has 142 valence electrons. The van der Waals surface area contributed by atoms with Gasteiger partial charge in [-0.25, -0.2) is 9.67 Å². The first-order valence-corrected chi connectivity index (χ1v) is 9.74. The Morgan fingerprint density at radius 2 is 1.96 bits per heavy atom. The Morgan fingerprint density at radius 1 is 1.19 bits per heavy atom. The van der Waals surface area contributed by atoms with Crippen molar-refractivity contribution in [2.45, 2.75) is 32.6 Å². The van der Waals surface area contributed by atoms with E-state index in [9.17, 15) is 0 Å². The summed E-state index contributed by atoms with van der Waals surface area (Å²) in [5.74, 6) is 2.49. The molecule has 1 aliphatic rings. The van der Waals surface area contributed by atoms with Gasteiger partial charge in [0.15, 0.2) is 5.95 Å². The van der Waals surface area contributed by atoms with E-state index in [0.717, 1.165) is 59.8 Å². The Balaban J connectivity index is 1.54. The van der Waals surface area contributed by atoms with Crippen LogP contribution in [0.2, 0.25) is 5.02 Å². The summed E-state index contributed by atoms with van der Waals surface area (Å²) in [7, 11) is 1.89. The van der Waals surface area contributed by atoms with Crippen molar-refractivity contribution in [3.8, 4) is 5.69 Å². The second-order valence-electron chi connectivity index (χ2n) is 7.13. The number of nitrogens with one attached hydrogen (secondary N) is 2. The van der Waals surface area contributed by atoms with Crippen molar-refractivity contribution >= 4 is 23.4 Å². The number of nitrogens with zero attached hydrogens (tertiary/aromatic N) is 4. The number of H-pyrrole nitrogens is 1. The van der Waals surface area contributed by atoms with Crippen molar-refractivity contribution in [3.63, 3.8) is 0 Å². The van der Waals surface area contributed by atoms with E-state index >= 15 is 0 Å². The van der Waals surface area contributed by atoms with E-state index in [-0.39, 0.29) is 0 Å². The lowest BCUT2D eigenvalue weighted by Gasteiger charge is -2.33. The number of aromatic amines is 1. The van der Waals surface area contributed by atoms with Gasteiger partial charge < -0.3 is 15.2 Å². The zero-order valence-corrected chi connectivity index (χ0v) is 16.7. The number of piperidine rings is 1. The molecular weight excluding hydrogens is 360 g/mol. The minimum absolute atomic E-state index is 0.513. The van der Waals surface area contributed by atoms with Gasteiger partial charge in [0.2, 0.25) is 0 Å². The maximum Gasteiger partial charge on any atom is 0.200 e. The van der Waals surface area contributed by atoms with Crippen molar-refractivity contribution in [3.05, 3.63) is 52.4 Å². The van der Waals surface area contributed by atoms with Gasteiger partial charge in [0.1, 0.15) is 5.82 Å². The van der Waals surface area contributed by atoms with E-state index in [1.54, 1.807) is 0 Å². The van der Waals surface area contributed by atoms with E-state index in [1.165, 1.54) is 5.69 Å². The molecule has 3 aromatic rings. The normalized spacial score (nSPS) is 15.3. The molecule has 0 amide bonds. The number of imidazole rings is 1. The minimum Gasteiger partial charge on any atom is -0.359 e. The van der Waals surface area contributed by atoms with Crippen LogP contribution >= 0.6 is 11.6 Å². The molecule has 0 saturated carbocycles. The fourth-order valence-corrected chi connectivity index (χ4v) is 4.08. The molecule has 0 aliphatic carbocycles. The second-order valence-corrected chi connectivity index (χ2v) is 7.57. The van der Waals surface area contributed by atoms with Crippen LogP contribution < -0.4 is 10.2 Å². The van der Waals surface area contributed by atoms with E-state index in [0.29, 0.717) is 5.92 Å². The minimum atomic E-state index is 0.513. The quantitative estimate of drug-likeness (QED) is 0.704. The van der Waals surface area contributed by atoms with Gasteiger partial charge in [-0.05, 0) is 44.9 Å². The van der Waals surface area contributed by atoms with Gasteiger partial charge in [-0.15, -0.1) is 0 Å². The third kappa shape index (κ3) is 3.54. The zero-order chi connectivity index (χ0) is 19.0. The molecule has 0 spiro atoms. The van der Waals surface area contributed by atoms with Crippen molar-refractivity contribution in [2.24, 2.45) is 0 Å². The molecule has 2 N–H and O–H groups in total. The summed E-state index contributed by atoms with van der Waals surface area (Å²) in [4.78, 5) is 10.4. The lowest BCUT2D eigenvalue weighted by atomic mass is 9.92. The SMILES string of the molecule is CNc1nc(C)c(C2CCN(c3cc(C)nn3-c3cccc(Cl)c3)CC2)[nH]1. The highest BCUT2D eigenvalue weighted by Gasteiger charge is 2.26. The number of anilines is 2. The number of aryl methyl sites for hydroxylation is 2. The van der Waals surface area contributed by atoms with Crippen LogP contribution in [0.15, 0.2) is 30.3 Å². The largest absolute Gasteiger partial charge is 0.359 e. The van der Waals surface area contributed by atoms with Crippen LogP contribution in [0, 0.1) is 13.8 Å². The molecule has 0 bridgehead atoms. The van der Waals surface area contributed by atoms with Crippen molar-refractivity contribution < 1.29 is 0 Å². The number of hydrogen-bond donors (Lipinski definition) is 2. The summed E-state index contributed by atoms with van der Waals surface area (Å²) < 4.78 is 2.00. The summed E-state index contributed by atoms with van der Waals surface area (Å²) >= 11 is 6.19. The average Bonchev–Trinajstić information content (AvgIpc) is 3.24. The third-order valence-corrected chi connectivity index (χ3v) is 5.49. The Labute approximate surface area is 164 Å². The predicted octanol–water partition coefficient (Wildman–Crippen LogP) is 4.29. The lowest BCUT2D eigenvalue weighted by molar-refractivity contribution is 0.490. The smallest absolute Gasteiger partial charge is 0.200 e. The number of aromatic nitrogens is 4. The van der Waals surface area contributed by atoms with Gasteiger partial charge in [-0.1, -0.05) is 17.7 Å². The highest BCUT2D eigenvalue weighted by molar-refractivity contribution is 6.30. The molecule has 3 heterocycles. The summed E-state index contributed by atoms with van der Waals surface area (Å²) in [6.07, 6.45) is 2.18. The highest BCUT2D eigenvalue weighted by atomic mass is 35.5. The van der Waals surface area contributed by atoms with Crippen molar-refractivity contribution in [1.29, 1.82) is 0 Å². The fourth-order valence-electron chi connectivity index (χ4n) is 3.90. The molecular formula is C20H25ClN6. The Kier molecular flexibility index (Phi) is 4.83. The molecule has 4 rings (SSSR count). The predicted molar refractivity (Wildman–Crippen MR) is 110 cm³/mol. The van der Waals surface area contributed by atoms with Gasteiger partial charge in [0, 0.05) is 42.8 Å². The Hall–Kier alpha value is -2.47. The molecule has 0 atom stereocenters. The zero-order valence-electron chi connectivity index (χ0n) is 16.0. The standard InChI is InChI=1S/C20H25ClN6/c1-13-11-18(27(25-13)17-6-4-5-16(21)12-17)26-9-7-15(8-10-26)19-14(2)23-20(22-3)24-19/h4-6,11-12,15H,7-10H2,1-3H3,(H2,22,23,24). The molecule has 1 fully saturated rings. The fraction of sp³-hybridized carbons (Fsp3) is 0.400. The number of halogens is 1. The van der Waals surface area contributed by atoms with Crippen molar-refractivity contribution in [2.75, 3.05) is 30.4 Å². The van der Waals surface area contributed by atoms with Gasteiger partial charge in [-0.2, -0.15) is 5.10 Å². The topological polar surface area (TPSA) is 61.8 Å². The Bertz CT molecular complexity index is 936. The Morgan fingerprint density at radius 3 is 2.63 bits per heavy atom. The van der Waals surface area contributed by atoms with Crippen molar-refractivity contribution in [1.82, 2.24) is 19.7 Å². The lowest BCUT2D eigenvalue weighted by Crippen LogP contribution is -2.34. The molecule has 0 unspecified atom stereocenters. The maximum atomic E-state index is 6.19. The molecule has 6 nitrogen and oxygen atoms in total. The van der Waals surface area contributed by atoms with Gasteiger partial charge in [-0.3, -0.25) is 0 Å². The first-order valence-electron chi connectivity index (χ1n) is 9.37. The van der Waals surface area contributed by atoms with E-state index in [2.05, 4.69) is 33.2 Å². The van der Waals surface area contributed by atoms with Gasteiger partial charge in [0.25, 0.3) is 0 Å². The molecule has 0 radical (unpaired) electrons. The van der Waals surface area contributed by atoms with E-state index < -0.39 is 0 Å². The van der Waals surface area contributed by atoms with Crippen LogP contribution in [-0.2, 0) is 0 Å². The molecule has 1 saturated heterocycles. The molecule has 27 heavy (non-hydrogen) atoms. The molecule has 1 aromatic carbocycles. The van der Waals surface area contributed by atoms with E-state index in [1.807, 2.05) is 42.9 Å². The number of benzene rings is 1. The first kappa shape index (κ1) is 17.9. The summed E-state index contributed by atoms with van der Waals surface area (Å²) in [5.41, 5.74) is 4.36. The summed E-state index contributed by atoms with van der Waals surface area (Å²) in [5, 5.41) is 8.51. The van der Waals surface area contributed by atoms with Crippen LogP contribution in [0.25, 0.3) is 5.69 Å².